The molecule has 0 N–H and O–H groups in total. The van der Waals surface area contributed by atoms with E-state index in [9.17, 15) is 4.39 Å². The third kappa shape index (κ3) is 3.12. The summed E-state index contributed by atoms with van der Waals surface area (Å²) in [6.45, 7) is 1.86. The number of ether oxygens (including phenoxy) is 1. The molecular weight excluding hydrogens is 276 g/mol. The molecule has 0 aliphatic heterocycles. The number of aryl methyl sites for hydroxylation is 1. The second-order valence-electron chi connectivity index (χ2n) is 3.76. The van der Waals surface area contributed by atoms with Gasteiger partial charge in [-0.2, -0.15) is 0 Å². The molecule has 0 saturated carbocycles. The molecule has 1 heterocycles. The normalized spacial score (nSPS) is 10.4. The van der Waals surface area contributed by atoms with Crippen LogP contribution in [0.5, 0.6) is 5.75 Å². The molecule has 1 aromatic carbocycles. The van der Waals surface area contributed by atoms with Gasteiger partial charge in [-0.1, -0.05) is 23.2 Å². The van der Waals surface area contributed by atoms with Crippen LogP contribution >= 0.6 is 23.2 Å². The third-order valence-electron chi connectivity index (χ3n) is 2.39. The SMILES string of the molecule is Cc1cc(OCc2nc(Cl)ccc2Cl)ccc1F. The van der Waals surface area contributed by atoms with Crippen molar-refractivity contribution in [3.8, 4) is 5.75 Å². The number of hydrogen-bond acceptors (Lipinski definition) is 2. The highest BCUT2D eigenvalue weighted by Gasteiger charge is 2.05. The van der Waals surface area contributed by atoms with Crippen molar-refractivity contribution in [2.45, 2.75) is 13.5 Å². The Hall–Kier alpha value is -1.32. The van der Waals surface area contributed by atoms with Gasteiger partial charge in [-0.15, -0.1) is 0 Å². The van der Waals surface area contributed by atoms with Crippen molar-refractivity contribution < 1.29 is 9.13 Å². The van der Waals surface area contributed by atoms with Crippen LogP contribution in [0, 0.1) is 12.7 Å². The standard InChI is InChI=1S/C13H10Cl2FNO/c1-8-6-9(2-4-11(8)16)18-7-12-10(14)3-5-13(15)17-12/h2-6H,7H2,1H3. The molecule has 0 aliphatic rings. The van der Waals surface area contributed by atoms with Gasteiger partial charge in [0.05, 0.1) is 10.7 Å². The van der Waals surface area contributed by atoms with E-state index in [0.29, 0.717) is 27.2 Å². The van der Waals surface area contributed by atoms with Gasteiger partial charge in [0.25, 0.3) is 0 Å². The molecule has 0 radical (unpaired) electrons. The number of hydrogen-bond donors (Lipinski definition) is 0. The van der Waals surface area contributed by atoms with Gasteiger partial charge < -0.3 is 4.74 Å². The summed E-state index contributed by atoms with van der Waals surface area (Å²) >= 11 is 11.7. The van der Waals surface area contributed by atoms with Gasteiger partial charge in [0, 0.05) is 0 Å². The van der Waals surface area contributed by atoms with Crippen molar-refractivity contribution in [3.63, 3.8) is 0 Å². The van der Waals surface area contributed by atoms with Gasteiger partial charge in [0.2, 0.25) is 0 Å². The first-order chi connectivity index (χ1) is 8.56. The summed E-state index contributed by atoms with van der Waals surface area (Å²) < 4.78 is 18.6. The molecule has 18 heavy (non-hydrogen) atoms. The van der Waals surface area contributed by atoms with E-state index in [-0.39, 0.29) is 12.4 Å². The molecule has 0 fully saturated rings. The second kappa shape index (κ2) is 5.55. The van der Waals surface area contributed by atoms with Crippen LogP contribution in [0.3, 0.4) is 0 Å². The predicted molar refractivity (Wildman–Crippen MR) is 69.7 cm³/mol. The van der Waals surface area contributed by atoms with E-state index >= 15 is 0 Å². The van der Waals surface area contributed by atoms with Crippen LogP contribution in [-0.2, 0) is 6.61 Å². The highest BCUT2D eigenvalue weighted by Crippen LogP contribution is 2.21. The van der Waals surface area contributed by atoms with E-state index in [4.69, 9.17) is 27.9 Å². The van der Waals surface area contributed by atoms with Gasteiger partial charge in [-0.05, 0) is 42.8 Å². The van der Waals surface area contributed by atoms with Crippen LogP contribution in [0.4, 0.5) is 4.39 Å². The lowest BCUT2D eigenvalue weighted by molar-refractivity contribution is 0.300. The number of benzene rings is 1. The fourth-order valence-corrected chi connectivity index (χ4v) is 1.74. The fourth-order valence-electron chi connectivity index (χ4n) is 1.42. The monoisotopic (exact) mass is 285 g/mol. The Kier molecular flexibility index (Phi) is 4.04. The molecule has 2 nitrogen and oxygen atoms in total. The Morgan fingerprint density at radius 3 is 2.72 bits per heavy atom. The maximum Gasteiger partial charge on any atom is 0.132 e. The molecule has 0 aliphatic carbocycles. The first-order valence-electron chi connectivity index (χ1n) is 5.26. The van der Waals surface area contributed by atoms with Gasteiger partial charge in [-0.25, -0.2) is 9.37 Å². The van der Waals surface area contributed by atoms with Gasteiger partial charge >= 0.3 is 0 Å². The topological polar surface area (TPSA) is 22.1 Å². The van der Waals surface area contributed by atoms with Crippen LogP contribution in [-0.4, -0.2) is 4.98 Å². The number of rotatable bonds is 3. The second-order valence-corrected chi connectivity index (χ2v) is 4.56. The minimum Gasteiger partial charge on any atom is -0.487 e. The smallest absolute Gasteiger partial charge is 0.132 e. The summed E-state index contributed by atoms with van der Waals surface area (Å²) in [6, 6.07) is 7.80. The minimum atomic E-state index is -0.263. The average molecular weight is 286 g/mol. The summed E-state index contributed by atoms with van der Waals surface area (Å²) in [6.07, 6.45) is 0. The largest absolute Gasteiger partial charge is 0.487 e. The molecule has 5 heteroatoms. The number of pyridine rings is 1. The van der Waals surface area contributed by atoms with Crippen LogP contribution in [0.15, 0.2) is 30.3 Å². The summed E-state index contributed by atoms with van der Waals surface area (Å²) in [4.78, 5) is 4.06. The van der Waals surface area contributed by atoms with E-state index in [1.807, 2.05) is 0 Å². The zero-order chi connectivity index (χ0) is 13.1. The quantitative estimate of drug-likeness (QED) is 0.779. The number of nitrogens with zero attached hydrogens (tertiary/aromatic N) is 1. The van der Waals surface area contributed by atoms with E-state index in [1.165, 1.54) is 6.07 Å². The molecule has 1 aromatic heterocycles. The zero-order valence-electron chi connectivity index (χ0n) is 9.58. The van der Waals surface area contributed by atoms with E-state index in [1.54, 1.807) is 31.2 Å². The molecule has 0 bridgehead atoms. The Morgan fingerprint density at radius 1 is 1.22 bits per heavy atom. The van der Waals surface area contributed by atoms with Crippen LogP contribution in [0.2, 0.25) is 10.2 Å². The highest BCUT2D eigenvalue weighted by atomic mass is 35.5. The van der Waals surface area contributed by atoms with Crippen molar-refractivity contribution in [3.05, 3.63) is 57.6 Å². The molecule has 0 atom stereocenters. The lowest BCUT2D eigenvalue weighted by atomic mass is 10.2. The summed E-state index contributed by atoms with van der Waals surface area (Å²) in [7, 11) is 0. The molecule has 0 unspecified atom stereocenters. The lowest BCUT2D eigenvalue weighted by Gasteiger charge is -2.08. The number of halogens is 3. The third-order valence-corrected chi connectivity index (χ3v) is 2.94. The van der Waals surface area contributed by atoms with Crippen LogP contribution < -0.4 is 4.74 Å². The molecule has 94 valence electrons. The fraction of sp³-hybridized carbons (Fsp3) is 0.154. The van der Waals surface area contributed by atoms with Crippen LogP contribution in [0.1, 0.15) is 11.3 Å². The summed E-state index contributed by atoms with van der Waals surface area (Å²) in [5.74, 6) is 0.299. The maximum atomic E-state index is 13.1. The van der Waals surface area contributed by atoms with Crippen molar-refractivity contribution in [2.24, 2.45) is 0 Å². The predicted octanol–water partition coefficient (Wildman–Crippen LogP) is 4.41. The first kappa shape index (κ1) is 13.1. The van der Waals surface area contributed by atoms with E-state index in [2.05, 4.69) is 4.98 Å². The summed E-state index contributed by atoms with van der Waals surface area (Å²) in [5, 5.41) is 0.839. The molecule has 0 spiro atoms. The minimum absolute atomic E-state index is 0.185. The molecule has 0 saturated heterocycles. The average Bonchev–Trinajstić information content (AvgIpc) is 2.34. The van der Waals surface area contributed by atoms with Gasteiger partial charge in [0.1, 0.15) is 23.3 Å². The van der Waals surface area contributed by atoms with Crippen molar-refractivity contribution >= 4 is 23.2 Å². The van der Waals surface area contributed by atoms with Gasteiger partial charge in [-0.3, -0.25) is 0 Å². The lowest BCUT2D eigenvalue weighted by Crippen LogP contribution is -2.00. The Balaban J connectivity index is 2.11. The number of aromatic nitrogens is 1. The first-order valence-corrected chi connectivity index (χ1v) is 6.02. The van der Waals surface area contributed by atoms with Crippen molar-refractivity contribution in [1.29, 1.82) is 0 Å². The van der Waals surface area contributed by atoms with Crippen molar-refractivity contribution in [1.82, 2.24) is 4.98 Å². The van der Waals surface area contributed by atoms with E-state index < -0.39 is 0 Å². The Morgan fingerprint density at radius 2 is 2.00 bits per heavy atom. The van der Waals surface area contributed by atoms with Crippen LogP contribution in [0.25, 0.3) is 0 Å². The highest BCUT2D eigenvalue weighted by molar-refractivity contribution is 6.32. The van der Waals surface area contributed by atoms with Gasteiger partial charge in [0.15, 0.2) is 0 Å². The molecule has 2 aromatic rings. The molecule has 2 rings (SSSR count). The molecule has 0 amide bonds. The Labute approximate surface area is 114 Å². The maximum absolute atomic E-state index is 13.1. The van der Waals surface area contributed by atoms with Crippen molar-refractivity contribution in [2.75, 3.05) is 0 Å². The summed E-state index contributed by atoms with van der Waals surface area (Å²) in [5.41, 5.74) is 1.07. The molecular formula is C13H10Cl2FNO. The Bertz CT molecular complexity index is 575. The van der Waals surface area contributed by atoms with E-state index in [0.717, 1.165) is 0 Å². The zero-order valence-corrected chi connectivity index (χ0v) is 11.1.